The van der Waals surface area contributed by atoms with Crippen molar-refractivity contribution in [3.05, 3.63) is 49.9 Å². The van der Waals surface area contributed by atoms with E-state index in [1.165, 1.54) is 11.8 Å². The Morgan fingerprint density at radius 3 is 2.57 bits per heavy atom. The second kappa shape index (κ2) is 10.8. The van der Waals surface area contributed by atoms with Gasteiger partial charge in [0.25, 0.3) is 11.5 Å². The number of aromatic nitrogens is 1. The second-order valence-electron chi connectivity index (χ2n) is 9.70. The summed E-state index contributed by atoms with van der Waals surface area (Å²) in [6, 6.07) is 4.14. The minimum absolute atomic E-state index is 0.0612. The third kappa shape index (κ3) is 5.49. The molecule has 0 bridgehead atoms. The fraction of sp³-hybridized carbons (Fsp3) is 0.538. The van der Waals surface area contributed by atoms with Gasteiger partial charge in [0.15, 0.2) is 11.5 Å². The van der Waals surface area contributed by atoms with Gasteiger partial charge in [0.05, 0.1) is 5.02 Å². The van der Waals surface area contributed by atoms with Gasteiger partial charge in [-0.2, -0.15) is 0 Å². The second-order valence-corrected chi connectivity index (χ2v) is 11.0. The molecule has 0 saturated heterocycles. The molecule has 35 heavy (non-hydrogen) atoms. The molecule has 1 aromatic heterocycles. The lowest BCUT2D eigenvalue weighted by atomic mass is 9.82. The van der Waals surface area contributed by atoms with Crippen molar-refractivity contribution in [2.75, 3.05) is 27.0 Å². The topological polar surface area (TPSA) is 83.7 Å². The molecule has 1 saturated carbocycles. The largest absolute Gasteiger partial charge is 0.484 e. The van der Waals surface area contributed by atoms with Crippen LogP contribution in [0.5, 0.6) is 11.5 Å². The van der Waals surface area contributed by atoms with Crippen molar-refractivity contribution < 1.29 is 14.3 Å². The van der Waals surface area contributed by atoms with Crippen LogP contribution in [0.2, 0.25) is 5.02 Å². The maximum Gasteiger partial charge on any atom is 0.254 e. The van der Waals surface area contributed by atoms with E-state index in [2.05, 4.69) is 29.3 Å². The summed E-state index contributed by atoms with van der Waals surface area (Å²) in [5, 5.41) is 3.23. The van der Waals surface area contributed by atoms with E-state index in [4.69, 9.17) is 21.1 Å². The van der Waals surface area contributed by atoms with E-state index in [1.54, 1.807) is 6.07 Å². The molecule has 2 aromatic rings. The zero-order chi connectivity index (χ0) is 25.3. The van der Waals surface area contributed by atoms with E-state index in [1.807, 2.05) is 26.2 Å². The van der Waals surface area contributed by atoms with Crippen LogP contribution >= 0.6 is 23.4 Å². The predicted octanol–water partition coefficient (Wildman–Crippen LogP) is 4.56. The predicted molar refractivity (Wildman–Crippen MR) is 140 cm³/mol. The molecular formula is C26H34ClN3O4S. The number of aryl methyl sites for hydroxylation is 1. The molecule has 7 nitrogen and oxygen atoms in total. The number of thioether (sulfide) groups is 1. The van der Waals surface area contributed by atoms with Gasteiger partial charge in [-0.25, -0.2) is 0 Å². The molecule has 2 aliphatic rings. The Morgan fingerprint density at radius 1 is 1.20 bits per heavy atom. The van der Waals surface area contributed by atoms with Gasteiger partial charge in [-0.3, -0.25) is 9.59 Å². The van der Waals surface area contributed by atoms with Crippen molar-refractivity contribution in [2.45, 2.75) is 63.1 Å². The van der Waals surface area contributed by atoms with E-state index < -0.39 is 0 Å². The van der Waals surface area contributed by atoms with Crippen LogP contribution in [0.25, 0.3) is 0 Å². The summed E-state index contributed by atoms with van der Waals surface area (Å²) in [4.78, 5) is 31.5. The van der Waals surface area contributed by atoms with Crippen LogP contribution in [-0.2, 0) is 6.54 Å². The summed E-state index contributed by atoms with van der Waals surface area (Å²) in [6.07, 6.45) is 6.30. The Hall–Kier alpha value is -2.16. The van der Waals surface area contributed by atoms with Crippen LogP contribution in [-0.4, -0.2) is 54.9 Å². The minimum atomic E-state index is -0.309. The molecule has 1 aliphatic carbocycles. The van der Waals surface area contributed by atoms with Gasteiger partial charge in [0, 0.05) is 39.9 Å². The van der Waals surface area contributed by atoms with Crippen LogP contribution in [0.3, 0.4) is 0 Å². The van der Waals surface area contributed by atoms with E-state index in [9.17, 15) is 9.59 Å². The number of fused-ring (bicyclic) bond motifs is 1. The highest BCUT2D eigenvalue weighted by Crippen LogP contribution is 2.45. The van der Waals surface area contributed by atoms with Crippen LogP contribution < -0.4 is 20.3 Å². The monoisotopic (exact) mass is 519 g/mol. The van der Waals surface area contributed by atoms with Crippen molar-refractivity contribution in [3.8, 4) is 11.5 Å². The number of H-pyrrole nitrogens is 1. The summed E-state index contributed by atoms with van der Waals surface area (Å²) < 4.78 is 12.5. The molecule has 1 aliphatic heterocycles. The number of pyridine rings is 1. The summed E-state index contributed by atoms with van der Waals surface area (Å²) >= 11 is 7.99. The molecule has 2 heterocycles. The number of benzene rings is 1. The Bertz CT molecular complexity index is 1160. The van der Waals surface area contributed by atoms with E-state index in [0.717, 1.165) is 36.3 Å². The maximum atomic E-state index is 13.1. The van der Waals surface area contributed by atoms with Crippen LogP contribution in [0.15, 0.2) is 21.8 Å². The molecule has 2 N–H and O–H groups in total. The molecule has 4 rings (SSSR count). The molecule has 190 valence electrons. The highest BCUT2D eigenvalue weighted by molar-refractivity contribution is 7.98. The fourth-order valence-electron chi connectivity index (χ4n) is 5.09. The van der Waals surface area contributed by atoms with Crippen LogP contribution in [0.1, 0.15) is 52.9 Å². The number of ether oxygens (including phenoxy) is 2. The quantitative estimate of drug-likeness (QED) is 0.544. The first-order chi connectivity index (χ1) is 16.7. The lowest BCUT2D eigenvalue weighted by Gasteiger charge is -2.38. The highest BCUT2D eigenvalue weighted by atomic mass is 35.5. The Balaban J connectivity index is 1.51. The molecule has 1 amide bonds. The number of aromatic amines is 1. The highest BCUT2D eigenvalue weighted by Gasteiger charge is 2.35. The summed E-state index contributed by atoms with van der Waals surface area (Å²) in [6.45, 7) is 4.27. The fourth-order valence-corrected chi connectivity index (χ4v) is 6.04. The van der Waals surface area contributed by atoms with Crippen molar-refractivity contribution >= 4 is 29.3 Å². The number of carbonyl (C=O) groups excluding carboxylic acids is 1. The van der Waals surface area contributed by atoms with Gasteiger partial charge >= 0.3 is 0 Å². The summed E-state index contributed by atoms with van der Waals surface area (Å²) in [5.41, 5.74) is 2.23. The van der Waals surface area contributed by atoms with E-state index in [-0.39, 0.29) is 24.1 Å². The zero-order valence-electron chi connectivity index (χ0n) is 21.0. The van der Waals surface area contributed by atoms with E-state index >= 15 is 0 Å². The number of hydrogen-bond donors (Lipinski definition) is 2. The smallest absolute Gasteiger partial charge is 0.254 e. The first kappa shape index (κ1) is 25.9. The van der Waals surface area contributed by atoms with Gasteiger partial charge in [-0.15, -0.1) is 11.8 Å². The Kier molecular flexibility index (Phi) is 8.03. The van der Waals surface area contributed by atoms with Gasteiger partial charge < -0.3 is 24.7 Å². The third-order valence-electron chi connectivity index (χ3n) is 7.22. The third-order valence-corrected chi connectivity index (χ3v) is 8.30. The number of hydrogen-bond acceptors (Lipinski definition) is 6. The normalized spacial score (nSPS) is 21.7. The average Bonchev–Trinajstić information content (AvgIpc) is 2.84. The Labute approximate surface area is 215 Å². The van der Waals surface area contributed by atoms with Crippen molar-refractivity contribution in [3.63, 3.8) is 0 Å². The van der Waals surface area contributed by atoms with Crippen molar-refractivity contribution in [2.24, 2.45) is 5.92 Å². The lowest BCUT2D eigenvalue weighted by Crippen LogP contribution is -2.41. The number of nitrogens with one attached hydrogen (secondary N) is 2. The van der Waals surface area contributed by atoms with Crippen LogP contribution in [0, 0.1) is 19.8 Å². The number of halogens is 1. The van der Waals surface area contributed by atoms with E-state index in [0.29, 0.717) is 51.8 Å². The number of nitrogens with zero attached hydrogens (tertiary/aromatic N) is 1. The molecule has 1 aromatic carbocycles. The molecule has 0 radical (unpaired) electrons. The zero-order valence-corrected chi connectivity index (χ0v) is 22.6. The molecule has 1 fully saturated rings. The number of amides is 1. The summed E-state index contributed by atoms with van der Waals surface area (Å²) in [5.74, 6) is 1.15. The summed E-state index contributed by atoms with van der Waals surface area (Å²) in [7, 11) is 4.27. The first-order valence-electron chi connectivity index (χ1n) is 12.0. The van der Waals surface area contributed by atoms with Crippen LogP contribution in [0.4, 0.5) is 0 Å². The van der Waals surface area contributed by atoms with Gasteiger partial charge in [0.1, 0.15) is 12.7 Å². The first-order valence-corrected chi connectivity index (χ1v) is 13.6. The molecular weight excluding hydrogens is 486 g/mol. The van der Waals surface area contributed by atoms with Crippen molar-refractivity contribution in [1.82, 2.24) is 15.2 Å². The number of rotatable bonds is 6. The SMILES string of the molecule is CSc1cc(C)[nH]c(=O)c1CNC(=O)c1cc(Cl)c2c(c1C)OC(C1CCC(N(C)C)CC1)CO2. The standard InChI is InChI=1S/C26H34ClN3O4S/c1-14-10-22(35-5)19(26(32)29-14)12-28-25(31)18-11-20(27)24-23(15(18)2)34-21(13-33-24)16-6-8-17(9-7-16)30(3)4/h10-11,16-17,21H,6-9,12-13H2,1-5H3,(H,28,31)(H,29,32). The maximum absolute atomic E-state index is 13.1. The molecule has 1 atom stereocenters. The number of carbonyl (C=O) groups is 1. The van der Waals surface area contributed by atoms with Gasteiger partial charge in [-0.1, -0.05) is 11.6 Å². The molecule has 1 unspecified atom stereocenters. The average molecular weight is 520 g/mol. The molecule has 0 spiro atoms. The van der Waals surface area contributed by atoms with Gasteiger partial charge in [-0.05, 0) is 77.9 Å². The lowest BCUT2D eigenvalue weighted by molar-refractivity contribution is 0.0239. The molecule has 9 heteroatoms. The van der Waals surface area contributed by atoms with Crippen molar-refractivity contribution in [1.29, 1.82) is 0 Å². The minimum Gasteiger partial charge on any atom is -0.484 e. The Morgan fingerprint density at radius 2 is 1.91 bits per heavy atom. The van der Waals surface area contributed by atoms with Gasteiger partial charge in [0.2, 0.25) is 0 Å².